The molecule has 2 unspecified atom stereocenters. The molecular formula is C50H65N3O6S. The van der Waals surface area contributed by atoms with Gasteiger partial charge in [-0.25, -0.2) is 4.79 Å². The molecular weight excluding hydrogens is 771 g/mol. The predicted molar refractivity (Wildman–Crippen MR) is 242 cm³/mol. The minimum absolute atomic E-state index is 0.121. The van der Waals surface area contributed by atoms with Gasteiger partial charge >= 0.3 is 6.09 Å². The van der Waals surface area contributed by atoms with E-state index in [2.05, 4.69) is 131 Å². The average Bonchev–Trinajstić information content (AvgIpc) is 3.23. The van der Waals surface area contributed by atoms with Crippen molar-refractivity contribution in [3.8, 4) is 11.5 Å². The standard InChI is InChI=1S/C50H65N3O6S/c1-36-41-34-40(57-35-56-10)26-27-42(41)58-49(9,47(36,5)6)28-29-52-30-32-53(33-31-52)44(54)43(51-45(55)59-46(2,3)4)48(7,8)60-50(37-20-14-11-15-21-37,38-22-16-12-17-23-38)39-24-18-13-19-25-39/h11-27,34,36,43H,28-33,35H2,1-10H3,(H,51,55)/t36?,43-,49?/m1/s1. The number of fused-ring (bicyclic) bond motifs is 1. The van der Waals surface area contributed by atoms with Crippen LogP contribution in [0.25, 0.3) is 0 Å². The van der Waals surface area contributed by atoms with Gasteiger partial charge in [0.2, 0.25) is 5.91 Å². The van der Waals surface area contributed by atoms with Crippen LogP contribution in [0, 0.1) is 5.41 Å². The van der Waals surface area contributed by atoms with Crippen molar-refractivity contribution in [3.05, 3.63) is 131 Å². The quantitative estimate of drug-likeness (QED) is 0.0993. The first-order valence-corrected chi connectivity index (χ1v) is 22.0. The molecule has 1 saturated heterocycles. The van der Waals surface area contributed by atoms with Crippen LogP contribution < -0.4 is 14.8 Å². The Morgan fingerprint density at radius 2 is 1.35 bits per heavy atom. The summed E-state index contributed by atoms with van der Waals surface area (Å²) in [7, 11) is 1.62. The zero-order valence-electron chi connectivity index (χ0n) is 37.2. The number of nitrogens with one attached hydrogen (secondary N) is 1. The zero-order chi connectivity index (χ0) is 43.3. The molecule has 2 aliphatic rings. The second-order valence-electron chi connectivity index (χ2n) is 18.5. The fourth-order valence-electron chi connectivity index (χ4n) is 8.62. The van der Waals surface area contributed by atoms with Gasteiger partial charge in [-0.3, -0.25) is 9.69 Å². The van der Waals surface area contributed by atoms with E-state index in [-0.39, 0.29) is 24.0 Å². The Morgan fingerprint density at radius 1 is 0.817 bits per heavy atom. The molecule has 1 N–H and O–H groups in total. The molecule has 0 bridgehead atoms. The molecule has 1 fully saturated rings. The number of hydrogen-bond acceptors (Lipinski definition) is 8. The smallest absolute Gasteiger partial charge is 0.408 e. The Balaban J connectivity index is 1.23. The third kappa shape index (κ3) is 9.66. The summed E-state index contributed by atoms with van der Waals surface area (Å²) in [6.45, 7) is 22.3. The number of benzene rings is 4. The fraction of sp³-hybridized carbons (Fsp3) is 0.480. The molecule has 322 valence electrons. The van der Waals surface area contributed by atoms with E-state index in [0.717, 1.165) is 46.7 Å². The molecule has 2 aliphatic heterocycles. The maximum atomic E-state index is 15.0. The van der Waals surface area contributed by atoms with E-state index in [1.807, 2.05) is 56.0 Å². The maximum absolute atomic E-state index is 15.0. The lowest BCUT2D eigenvalue weighted by Gasteiger charge is -2.52. The summed E-state index contributed by atoms with van der Waals surface area (Å²) in [6, 6.07) is 36.4. The summed E-state index contributed by atoms with van der Waals surface area (Å²) in [5.74, 6) is 1.77. The summed E-state index contributed by atoms with van der Waals surface area (Å²) < 4.78 is 22.0. The van der Waals surface area contributed by atoms with E-state index >= 15 is 4.79 Å². The van der Waals surface area contributed by atoms with Crippen LogP contribution in [-0.2, 0) is 19.0 Å². The van der Waals surface area contributed by atoms with Crippen molar-refractivity contribution in [2.45, 2.75) is 101 Å². The SMILES string of the molecule is COCOc1ccc2c(c1)C(C)C(C)(C)C(C)(CCN1CCN(C(=O)[C@@H](NC(=O)OC(C)(C)C)C(C)(C)SC(c3ccccc3)(c3ccccc3)c3ccccc3)CC1)O2. The summed E-state index contributed by atoms with van der Waals surface area (Å²) >= 11 is 1.68. The first-order chi connectivity index (χ1) is 28.4. The molecule has 2 heterocycles. The van der Waals surface area contributed by atoms with Gasteiger partial charge in [0.25, 0.3) is 0 Å². The molecule has 2 amide bonds. The Labute approximate surface area is 362 Å². The molecule has 0 saturated carbocycles. The van der Waals surface area contributed by atoms with Crippen molar-refractivity contribution in [2.24, 2.45) is 5.41 Å². The number of methoxy groups -OCH3 is 1. The number of rotatable bonds is 14. The predicted octanol–water partition coefficient (Wildman–Crippen LogP) is 9.88. The number of carbonyl (C=O) groups is 2. The molecule has 3 atom stereocenters. The van der Waals surface area contributed by atoms with Crippen LogP contribution in [0.1, 0.15) is 96.9 Å². The van der Waals surface area contributed by atoms with Gasteiger partial charge in [-0.1, -0.05) is 112 Å². The highest BCUT2D eigenvalue weighted by molar-refractivity contribution is 8.02. The average molecular weight is 836 g/mol. The first-order valence-electron chi connectivity index (χ1n) is 21.2. The number of hydrogen-bond donors (Lipinski definition) is 1. The molecule has 9 nitrogen and oxygen atoms in total. The van der Waals surface area contributed by atoms with Crippen LogP contribution in [0.4, 0.5) is 4.79 Å². The van der Waals surface area contributed by atoms with Crippen molar-refractivity contribution in [1.29, 1.82) is 0 Å². The Kier molecular flexibility index (Phi) is 13.7. The van der Waals surface area contributed by atoms with Crippen molar-refractivity contribution in [1.82, 2.24) is 15.1 Å². The van der Waals surface area contributed by atoms with E-state index in [9.17, 15) is 4.79 Å². The van der Waals surface area contributed by atoms with Crippen LogP contribution in [0.2, 0.25) is 0 Å². The van der Waals surface area contributed by atoms with Crippen molar-refractivity contribution in [2.75, 3.05) is 46.6 Å². The van der Waals surface area contributed by atoms with Gasteiger partial charge in [0.1, 0.15) is 28.7 Å². The number of amides is 2. The highest BCUT2D eigenvalue weighted by Crippen LogP contribution is 2.56. The van der Waals surface area contributed by atoms with Gasteiger partial charge in [0.05, 0.1) is 4.75 Å². The largest absolute Gasteiger partial charge is 0.487 e. The van der Waals surface area contributed by atoms with E-state index in [0.29, 0.717) is 26.2 Å². The third-order valence-corrected chi connectivity index (χ3v) is 14.5. The van der Waals surface area contributed by atoms with Crippen molar-refractivity contribution >= 4 is 23.8 Å². The van der Waals surface area contributed by atoms with Crippen molar-refractivity contribution in [3.63, 3.8) is 0 Å². The monoisotopic (exact) mass is 835 g/mol. The van der Waals surface area contributed by atoms with Crippen molar-refractivity contribution < 1.29 is 28.5 Å². The third-order valence-electron chi connectivity index (χ3n) is 12.7. The van der Waals surface area contributed by atoms with Gasteiger partial charge in [0, 0.05) is 62.0 Å². The summed E-state index contributed by atoms with van der Waals surface area (Å²) in [4.78, 5) is 33.0. The van der Waals surface area contributed by atoms with Gasteiger partial charge in [-0.15, -0.1) is 11.8 Å². The number of piperazine rings is 1. The summed E-state index contributed by atoms with van der Waals surface area (Å²) in [6.07, 6.45) is 0.211. The summed E-state index contributed by atoms with van der Waals surface area (Å²) in [5.41, 5.74) is 3.04. The van der Waals surface area contributed by atoms with Crippen LogP contribution in [0.15, 0.2) is 109 Å². The fourth-order valence-corrected chi connectivity index (χ4v) is 10.5. The molecule has 0 aliphatic carbocycles. The van der Waals surface area contributed by atoms with Gasteiger partial charge in [-0.05, 0) is 82.3 Å². The molecule has 6 rings (SSSR count). The lowest BCUT2D eigenvalue weighted by Crippen LogP contribution is -2.61. The van der Waals surface area contributed by atoms with Crippen LogP contribution in [0.3, 0.4) is 0 Å². The molecule has 0 radical (unpaired) electrons. The number of carbonyl (C=O) groups excluding carboxylic acids is 2. The second-order valence-corrected chi connectivity index (χ2v) is 20.4. The zero-order valence-corrected chi connectivity index (χ0v) is 38.1. The molecule has 0 spiro atoms. The molecule has 0 aromatic heterocycles. The Bertz CT molecular complexity index is 1950. The minimum atomic E-state index is -0.906. The number of thioether (sulfide) groups is 1. The molecule has 10 heteroatoms. The van der Waals surface area contributed by atoms with E-state index in [1.54, 1.807) is 18.9 Å². The topological polar surface area (TPSA) is 89.6 Å². The van der Waals surface area contributed by atoms with E-state index < -0.39 is 32.8 Å². The summed E-state index contributed by atoms with van der Waals surface area (Å²) in [5, 5.41) is 3.09. The van der Waals surface area contributed by atoms with Gasteiger partial charge < -0.3 is 29.2 Å². The molecule has 4 aromatic rings. The Morgan fingerprint density at radius 3 is 1.85 bits per heavy atom. The highest BCUT2D eigenvalue weighted by Gasteiger charge is 2.52. The van der Waals surface area contributed by atoms with Crippen LogP contribution in [0.5, 0.6) is 11.5 Å². The Hall–Kier alpha value is -4.51. The van der Waals surface area contributed by atoms with Gasteiger partial charge in [-0.2, -0.15) is 0 Å². The molecule has 4 aromatic carbocycles. The van der Waals surface area contributed by atoms with E-state index in [4.69, 9.17) is 18.9 Å². The number of nitrogens with zero attached hydrogens (tertiary/aromatic N) is 2. The second kappa shape index (κ2) is 18.2. The van der Waals surface area contributed by atoms with Crippen LogP contribution >= 0.6 is 11.8 Å². The van der Waals surface area contributed by atoms with Crippen LogP contribution in [-0.4, -0.2) is 90.4 Å². The lowest BCUT2D eigenvalue weighted by molar-refractivity contribution is -0.136. The van der Waals surface area contributed by atoms with E-state index in [1.165, 1.54) is 0 Å². The highest BCUT2D eigenvalue weighted by atomic mass is 32.2. The maximum Gasteiger partial charge on any atom is 0.408 e. The normalized spacial score (nSPS) is 20.0. The minimum Gasteiger partial charge on any atom is -0.487 e. The van der Waals surface area contributed by atoms with Gasteiger partial charge in [0.15, 0.2) is 6.79 Å². The first kappa shape index (κ1) is 45.0. The molecule has 60 heavy (non-hydrogen) atoms. The number of ether oxygens (including phenoxy) is 4. The lowest BCUT2D eigenvalue weighted by atomic mass is 9.62. The number of alkyl carbamates (subject to hydrolysis) is 1.